The van der Waals surface area contributed by atoms with E-state index in [-0.39, 0.29) is 12.4 Å². The second-order valence-corrected chi connectivity index (χ2v) is 6.70. The predicted molar refractivity (Wildman–Crippen MR) is 75.3 cm³/mol. The number of piperidine rings is 1. The normalized spacial score (nSPS) is 19.5. The first kappa shape index (κ1) is 17.9. The van der Waals surface area contributed by atoms with E-state index in [9.17, 15) is 18.0 Å². The van der Waals surface area contributed by atoms with Gasteiger partial charge in [-0.15, -0.1) is 0 Å². The molecular weight excluding hydrogens is 300 g/mol. The van der Waals surface area contributed by atoms with Crippen LogP contribution in [-0.4, -0.2) is 68.4 Å². The molecular formula is C12H22N2O6S. The Kier molecular flexibility index (Phi) is 7.06. The lowest BCUT2D eigenvalue weighted by Crippen LogP contribution is -2.51. The number of ether oxygens (including phenoxy) is 1. The average molecular weight is 322 g/mol. The number of rotatable bonds is 8. The van der Waals surface area contributed by atoms with Gasteiger partial charge < -0.3 is 14.7 Å². The fourth-order valence-electron chi connectivity index (χ4n) is 2.15. The number of nitrogens with zero attached hydrogens (tertiary/aromatic N) is 1. The van der Waals surface area contributed by atoms with Crippen LogP contribution >= 0.6 is 0 Å². The Bertz CT molecular complexity index is 464. The summed E-state index contributed by atoms with van der Waals surface area (Å²) in [6.45, 7) is 2.16. The molecule has 1 rings (SSSR count). The lowest BCUT2D eigenvalue weighted by Gasteiger charge is -2.33. The molecule has 1 unspecified atom stereocenters. The molecule has 1 heterocycles. The number of carbonyl (C=O) groups excluding carboxylic acids is 1. The van der Waals surface area contributed by atoms with Gasteiger partial charge in [-0.25, -0.2) is 17.9 Å². The van der Waals surface area contributed by atoms with Crippen molar-refractivity contribution in [2.45, 2.75) is 32.2 Å². The van der Waals surface area contributed by atoms with Crippen LogP contribution in [-0.2, 0) is 24.3 Å². The van der Waals surface area contributed by atoms with Crippen LogP contribution in [0.25, 0.3) is 0 Å². The Morgan fingerprint density at radius 1 is 1.38 bits per heavy atom. The quantitative estimate of drug-likeness (QED) is 0.577. The highest BCUT2D eigenvalue weighted by Crippen LogP contribution is 2.17. The summed E-state index contributed by atoms with van der Waals surface area (Å²) >= 11 is 0. The van der Waals surface area contributed by atoms with Crippen molar-refractivity contribution >= 4 is 21.9 Å². The van der Waals surface area contributed by atoms with Gasteiger partial charge in [-0.05, 0) is 26.2 Å². The van der Waals surface area contributed by atoms with Crippen LogP contribution in [0.3, 0.4) is 0 Å². The van der Waals surface area contributed by atoms with Crippen LogP contribution in [0, 0.1) is 0 Å². The molecule has 0 spiro atoms. The topological polar surface area (TPSA) is 113 Å². The first-order valence-corrected chi connectivity index (χ1v) is 8.60. The monoisotopic (exact) mass is 322 g/mol. The van der Waals surface area contributed by atoms with E-state index in [1.54, 1.807) is 6.92 Å². The fraction of sp³-hybridized carbons (Fsp3) is 0.833. The Hall–Kier alpha value is -1.19. The number of nitrogens with one attached hydrogen (secondary N) is 1. The number of amides is 1. The smallest absolute Gasteiger partial charge is 0.326 e. The number of carboxylic acids is 1. The highest BCUT2D eigenvalue weighted by Gasteiger charge is 2.32. The van der Waals surface area contributed by atoms with Crippen LogP contribution in [0.2, 0.25) is 0 Å². The number of carboxylic acid groups (broad SMARTS) is 1. The maximum atomic E-state index is 12.0. The molecule has 9 heteroatoms. The van der Waals surface area contributed by atoms with E-state index < -0.39 is 34.5 Å². The lowest BCUT2D eigenvalue weighted by molar-refractivity contribution is -0.151. The Morgan fingerprint density at radius 3 is 2.71 bits per heavy atom. The van der Waals surface area contributed by atoms with Gasteiger partial charge in [0.1, 0.15) is 6.04 Å². The molecule has 122 valence electrons. The van der Waals surface area contributed by atoms with Crippen molar-refractivity contribution in [2.24, 2.45) is 0 Å². The molecule has 0 aliphatic carbocycles. The van der Waals surface area contributed by atoms with Crippen molar-refractivity contribution < 1.29 is 27.9 Å². The van der Waals surface area contributed by atoms with Crippen LogP contribution in [0.1, 0.15) is 26.2 Å². The Balaban J connectivity index is 2.50. The van der Waals surface area contributed by atoms with E-state index in [2.05, 4.69) is 4.72 Å². The molecule has 0 aromatic heterocycles. The highest BCUT2D eigenvalue weighted by molar-refractivity contribution is 7.89. The number of likely N-dealkylation sites (tertiary alicyclic amines) is 1. The summed E-state index contributed by atoms with van der Waals surface area (Å²) in [4.78, 5) is 24.3. The first-order chi connectivity index (χ1) is 9.87. The molecule has 0 aromatic rings. The van der Waals surface area contributed by atoms with Crippen molar-refractivity contribution in [3.63, 3.8) is 0 Å². The van der Waals surface area contributed by atoms with Crippen molar-refractivity contribution in [1.82, 2.24) is 9.62 Å². The molecule has 21 heavy (non-hydrogen) atoms. The molecule has 0 aromatic carbocycles. The second-order valence-electron chi connectivity index (χ2n) is 4.77. The zero-order valence-corrected chi connectivity index (χ0v) is 12.9. The molecule has 2 N–H and O–H groups in total. The van der Waals surface area contributed by atoms with Crippen LogP contribution in [0.4, 0.5) is 0 Å². The third-order valence-electron chi connectivity index (χ3n) is 3.25. The summed E-state index contributed by atoms with van der Waals surface area (Å²) in [5.74, 6) is -1.79. The molecule has 1 fully saturated rings. The van der Waals surface area contributed by atoms with Crippen LogP contribution in [0.5, 0.6) is 0 Å². The standard InChI is InChI=1S/C12H22N2O6S/c1-2-20-7-8-21(18,19)13-9-11(15)14-6-4-3-5-10(14)12(16)17/h10,13H,2-9H2,1H3,(H,16,17). The number of carbonyl (C=O) groups is 2. The summed E-state index contributed by atoms with van der Waals surface area (Å²) in [5.41, 5.74) is 0. The summed E-state index contributed by atoms with van der Waals surface area (Å²) in [6.07, 6.45) is 1.88. The SMILES string of the molecule is CCOCCS(=O)(=O)NCC(=O)N1CCCCC1C(=O)O. The van der Waals surface area contributed by atoms with Gasteiger partial charge in [-0.1, -0.05) is 0 Å². The van der Waals surface area contributed by atoms with Gasteiger partial charge in [0.25, 0.3) is 0 Å². The van der Waals surface area contributed by atoms with E-state index in [0.29, 0.717) is 19.6 Å². The van der Waals surface area contributed by atoms with Crippen molar-refractivity contribution in [2.75, 3.05) is 32.1 Å². The highest BCUT2D eigenvalue weighted by atomic mass is 32.2. The number of hydrogen-bond donors (Lipinski definition) is 2. The van der Waals surface area contributed by atoms with Gasteiger partial charge in [0.2, 0.25) is 15.9 Å². The summed E-state index contributed by atoms with van der Waals surface area (Å²) in [6, 6.07) is -0.862. The average Bonchev–Trinajstić information content (AvgIpc) is 2.45. The van der Waals surface area contributed by atoms with Crippen LogP contribution < -0.4 is 4.72 Å². The van der Waals surface area contributed by atoms with Crippen molar-refractivity contribution in [1.29, 1.82) is 0 Å². The van der Waals surface area contributed by atoms with Gasteiger partial charge in [-0.2, -0.15) is 0 Å². The molecule has 0 saturated carbocycles. The third-order valence-corrected chi connectivity index (χ3v) is 4.54. The summed E-state index contributed by atoms with van der Waals surface area (Å²) < 4.78 is 30.4. The number of aliphatic carboxylic acids is 1. The van der Waals surface area contributed by atoms with E-state index in [0.717, 1.165) is 12.8 Å². The van der Waals surface area contributed by atoms with Gasteiger partial charge >= 0.3 is 5.97 Å². The Morgan fingerprint density at radius 2 is 2.10 bits per heavy atom. The molecule has 1 aliphatic heterocycles. The minimum atomic E-state index is -3.60. The zero-order valence-electron chi connectivity index (χ0n) is 12.1. The molecule has 0 radical (unpaired) electrons. The minimum Gasteiger partial charge on any atom is -0.480 e. The zero-order chi connectivity index (χ0) is 15.9. The van der Waals surface area contributed by atoms with E-state index in [1.165, 1.54) is 4.90 Å². The number of sulfonamides is 1. The van der Waals surface area contributed by atoms with Gasteiger partial charge in [0, 0.05) is 13.2 Å². The molecule has 0 bridgehead atoms. The van der Waals surface area contributed by atoms with E-state index in [1.807, 2.05) is 0 Å². The predicted octanol–water partition coefficient (Wildman–Crippen LogP) is -0.592. The minimum absolute atomic E-state index is 0.0570. The van der Waals surface area contributed by atoms with Crippen LogP contribution in [0.15, 0.2) is 0 Å². The van der Waals surface area contributed by atoms with E-state index in [4.69, 9.17) is 9.84 Å². The van der Waals surface area contributed by atoms with Gasteiger partial charge in [0.05, 0.1) is 18.9 Å². The first-order valence-electron chi connectivity index (χ1n) is 6.94. The number of hydrogen-bond acceptors (Lipinski definition) is 5. The maximum Gasteiger partial charge on any atom is 0.326 e. The summed E-state index contributed by atoms with van der Waals surface area (Å²) in [7, 11) is -3.60. The maximum absolute atomic E-state index is 12.0. The molecule has 1 saturated heterocycles. The van der Waals surface area contributed by atoms with Gasteiger partial charge in [-0.3, -0.25) is 4.79 Å². The van der Waals surface area contributed by atoms with Gasteiger partial charge in [0.15, 0.2) is 0 Å². The van der Waals surface area contributed by atoms with Crippen molar-refractivity contribution in [3.05, 3.63) is 0 Å². The lowest BCUT2D eigenvalue weighted by atomic mass is 10.0. The second kappa shape index (κ2) is 8.30. The molecule has 8 nitrogen and oxygen atoms in total. The largest absolute Gasteiger partial charge is 0.480 e. The summed E-state index contributed by atoms with van der Waals surface area (Å²) in [5, 5.41) is 9.08. The third kappa shape index (κ3) is 5.98. The fourth-order valence-corrected chi connectivity index (χ4v) is 2.97. The Labute approximate surface area is 124 Å². The van der Waals surface area contributed by atoms with E-state index >= 15 is 0 Å². The molecule has 1 atom stereocenters. The van der Waals surface area contributed by atoms with Crippen molar-refractivity contribution in [3.8, 4) is 0 Å². The molecule has 1 aliphatic rings. The molecule has 1 amide bonds.